The van der Waals surface area contributed by atoms with Crippen molar-refractivity contribution in [3.8, 4) is 5.75 Å². The van der Waals surface area contributed by atoms with Crippen LogP contribution in [0.1, 0.15) is 15.9 Å². The SMILES string of the molecule is O=C(O)c1ccc(COc2cc(Cl)cc(Cl)c2)c(Br)c1. The van der Waals surface area contributed by atoms with Gasteiger partial charge in [-0.25, -0.2) is 4.79 Å². The second-order valence-corrected chi connectivity index (χ2v) is 5.73. The van der Waals surface area contributed by atoms with Gasteiger partial charge in [-0.15, -0.1) is 0 Å². The van der Waals surface area contributed by atoms with Crippen molar-refractivity contribution >= 4 is 45.1 Å². The second-order valence-electron chi connectivity index (χ2n) is 4.01. The Labute approximate surface area is 134 Å². The van der Waals surface area contributed by atoms with Crippen LogP contribution in [0.15, 0.2) is 40.9 Å². The zero-order valence-electron chi connectivity index (χ0n) is 10.1. The highest BCUT2D eigenvalue weighted by Crippen LogP contribution is 2.26. The van der Waals surface area contributed by atoms with Crippen LogP contribution < -0.4 is 4.74 Å². The van der Waals surface area contributed by atoms with Crippen LogP contribution in [0.5, 0.6) is 5.75 Å². The molecule has 0 bridgehead atoms. The zero-order valence-corrected chi connectivity index (χ0v) is 13.2. The predicted octanol–water partition coefficient (Wildman–Crippen LogP) is 5.03. The van der Waals surface area contributed by atoms with Crippen molar-refractivity contribution < 1.29 is 14.6 Å². The molecule has 2 aromatic carbocycles. The van der Waals surface area contributed by atoms with Gasteiger partial charge in [0.1, 0.15) is 12.4 Å². The molecule has 3 nitrogen and oxygen atoms in total. The number of halogens is 3. The lowest BCUT2D eigenvalue weighted by atomic mass is 10.1. The molecule has 0 atom stereocenters. The van der Waals surface area contributed by atoms with E-state index in [1.165, 1.54) is 12.1 Å². The third-order valence-electron chi connectivity index (χ3n) is 2.53. The monoisotopic (exact) mass is 374 g/mol. The minimum absolute atomic E-state index is 0.214. The van der Waals surface area contributed by atoms with E-state index < -0.39 is 5.97 Å². The number of carbonyl (C=O) groups is 1. The summed E-state index contributed by atoms with van der Waals surface area (Å²) in [6.07, 6.45) is 0. The maximum atomic E-state index is 10.8. The summed E-state index contributed by atoms with van der Waals surface area (Å²) in [5, 5.41) is 9.87. The lowest BCUT2D eigenvalue weighted by Gasteiger charge is -2.09. The Morgan fingerprint density at radius 2 is 1.80 bits per heavy atom. The van der Waals surface area contributed by atoms with Crippen LogP contribution in [-0.2, 0) is 6.61 Å². The first kappa shape index (κ1) is 15.2. The molecule has 20 heavy (non-hydrogen) atoms. The number of aromatic carboxylic acids is 1. The highest BCUT2D eigenvalue weighted by atomic mass is 79.9. The van der Waals surface area contributed by atoms with Crippen molar-refractivity contribution in [1.29, 1.82) is 0 Å². The average molecular weight is 376 g/mol. The minimum Gasteiger partial charge on any atom is -0.489 e. The van der Waals surface area contributed by atoms with E-state index in [4.69, 9.17) is 33.0 Å². The first-order valence-corrected chi connectivity index (χ1v) is 7.11. The second kappa shape index (κ2) is 6.48. The maximum absolute atomic E-state index is 10.8. The molecule has 6 heteroatoms. The van der Waals surface area contributed by atoms with Crippen LogP contribution in [0, 0.1) is 0 Å². The Kier molecular flexibility index (Phi) is 4.91. The first-order valence-electron chi connectivity index (χ1n) is 5.56. The summed E-state index contributed by atoms with van der Waals surface area (Å²) in [6.45, 7) is 0.275. The van der Waals surface area contributed by atoms with Gasteiger partial charge in [0.25, 0.3) is 0 Å². The summed E-state index contributed by atoms with van der Waals surface area (Å²) in [6, 6.07) is 9.69. The van der Waals surface area contributed by atoms with Crippen LogP contribution in [0.25, 0.3) is 0 Å². The van der Waals surface area contributed by atoms with Gasteiger partial charge < -0.3 is 9.84 Å². The number of hydrogen-bond donors (Lipinski definition) is 1. The van der Waals surface area contributed by atoms with Gasteiger partial charge in [-0.05, 0) is 30.3 Å². The van der Waals surface area contributed by atoms with Crippen molar-refractivity contribution in [3.05, 3.63) is 62.0 Å². The molecule has 0 aromatic heterocycles. The van der Waals surface area contributed by atoms with E-state index in [2.05, 4.69) is 15.9 Å². The van der Waals surface area contributed by atoms with Gasteiger partial charge >= 0.3 is 5.97 Å². The highest BCUT2D eigenvalue weighted by Gasteiger charge is 2.07. The third kappa shape index (κ3) is 3.88. The Bertz CT molecular complexity index is 639. The van der Waals surface area contributed by atoms with E-state index in [0.29, 0.717) is 20.3 Å². The molecule has 0 aliphatic carbocycles. The van der Waals surface area contributed by atoms with Crippen molar-refractivity contribution in [2.45, 2.75) is 6.61 Å². The van der Waals surface area contributed by atoms with Gasteiger partial charge in [-0.2, -0.15) is 0 Å². The van der Waals surface area contributed by atoms with Crippen LogP contribution in [0.2, 0.25) is 10.0 Å². The largest absolute Gasteiger partial charge is 0.489 e. The molecule has 1 N–H and O–H groups in total. The normalized spacial score (nSPS) is 10.3. The molecule has 0 heterocycles. The molecule has 0 unspecified atom stereocenters. The molecule has 104 valence electrons. The Hall–Kier alpha value is -1.23. The molecule has 2 rings (SSSR count). The quantitative estimate of drug-likeness (QED) is 0.814. The first-order chi connectivity index (χ1) is 9.45. The fourth-order valence-electron chi connectivity index (χ4n) is 1.57. The Balaban J connectivity index is 2.12. The number of rotatable bonds is 4. The molecule has 0 aliphatic heterocycles. The summed E-state index contributed by atoms with van der Waals surface area (Å²) < 4.78 is 6.26. The summed E-state index contributed by atoms with van der Waals surface area (Å²) in [7, 11) is 0. The highest BCUT2D eigenvalue weighted by molar-refractivity contribution is 9.10. The number of ether oxygens (including phenoxy) is 1. The fraction of sp³-hybridized carbons (Fsp3) is 0.0714. The van der Waals surface area contributed by atoms with Gasteiger partial charge in [-0.1, -0.05) is 45.2 Å². The molecule has 0 spiro atoms. The Morgan fingerprint density at radius 1 is 1.15 bits per heavy atom. The van der Waals surface area contributed by atoms with E-state index >= 15 is 0 Å². The van der Waals surface area contributed by atoms with Gasteiger partial charge in [-0.3, -0.25) is 0 Å². The minimum atomic E-state index is -0.972. The molecular weight excluding hydrogens is 367 g/mol. The summed E-state index contributed by atoms with van der Waals surface area (Å²) >= 11 is 15.1. The summed E-state index contributed by atoms with van der Waals surface area (Å²) in [5.74, 6) is -0.420. The fourth-order valence-corrected chi connectivity index (χ4v) is 2.57. The van der Waals surface area contributed by atoms with Gasteiger partial charge in [0.05, 0.1) is 5.56 Å². The Morgan fingerprint density at radius 3 is 2.35 bits per heavy atom. The molecule has 0 saturated heterocycles. The van der Waals surface area contributed by atoms with Crippen LogP contribution >= 0.6 is 39.1 Å². The van der Waals surface area contributed by atoms with Crippen molar-refractivity contribution in [2.75, 3.05) is 0 Å². The molecule has 0 radical (unpaired) electrons. The van der Waals surface area contributed by atoms with Crippen LogP contribution in [0.4, 0.5) is 0 Å². The molecule has 0 saturated carbocycles. The van der Waals surface area contributed by atoms with Crippen molar-refractivity contribution in [3.63, 3.8) is 0 Å². The molecular formula is C14H9BrCl2O3. The van der Waals surface area contributed by atoms with E-state index in [1.807, 2.05) is 0 Å². The van der Waals surface area contributed by atoms with Gasteiger partial charge in [0.15, 0.2) is 0 Å². The maximum Gasteiger partial charge on any atom is 0.335 e. The number of carboxylic acids is 1. The molecule has 2 aromatic rings. The van der Waals surface area contributed by atoms with Gasteiger partial charge in [0.2, 0.25) is 0 Å². The topological polar surface area (TPSA) is 46.5 Å². The van der Waals surface area contributed by atoms with Crippen LogP contribution in [-0.4, -0.2) is 11.1 Å². The van der Waals surface area contributed by atoms with Crippen LogP contribution in [0.3, 0.4) is 0 Å². The molecule has 0 amide bonds. The third-order valence-corrected chi connectivity index (χ3v) is 3.71. The van der Waals surface area contributed by atoms with Crippen molar-refractivity contribution in [2.24, 2.45) is 0 Å². The standard InChI is InChI=1S/C14H9BrCl2O3/c15-13-3-8(14(18)19)1-2-9(13)7-20-12-5-10(16)4-11(17)6-12/h1-6H,7H2,(H,18,19). The molecule has 0 fully saturated rings. The predicted molar refractivity (Wildman–Crippen MR) is 81.9 cm³/mol. The van der Waals surface area contributed by atoms with Crippen molar-refractivity contribution in [1.82, 2.24) is 0 Å². The van der Waals surface area contributed by atoms with E-state index in [9.17, 15) is 4.79 Å². The van der Waals surface area contributed by atoms with E-state index in [0.717, 1.165) is 5.56 Å². The number of benzene rings is 2. The smallest absolute Gasteiger partial charge is 0.335 e. The van der Waals surface area contributed by atoms with Gasteiger partial charge in [0, 0.05) is 20.1 Å². The zero-order chi connectivity index (χ0) is 14.7. The number of carboxylic acid groups (broad SMARTS) is 1. The molecule has 0 aliphatic rings. The summed E-state index contributed by atoms with van der Waals surface area (Å²) in [5.41, 5.74) is 1.04. The van der Waals surface area contributed by atoms with E-state index in [1.54, 1.807) is 24.3 Å². The van der Waals surface area contributed by atoms with E-state index in [-0.39, 0.29) is 12.2 Å². The lowest BCUT2D eigenvalue weighted by molar-refractivity contribution is 0.0696. The number of hydrogen-bond acceptors (Lipinski definition) is 2. The summed E-state index contributed by atoms with van der Waals surface area (Å²) in [4.78, 5) is 10.8. The lowest BCUT2D eigenvalue weighted by Crippen LogP contribution is -2.00. The average Bonchev–Trinajstić information content (AvgIpc) is 2.36.